The molecule has 0 bridgehead atoms. The minimum absolute atomic E-state index is 0. The molecule has 0 amide bonds. The molecule has 0 aromatic heterocycles. The summed E-state index contributed by atoms with van der Waals surface area (Å²) in [6.07, 6.45) is 11.1. The van der Waals surface area contributed by atoms with Gasteiger partial charge in [-0.25, -0.2) is 0 Å². The molecule has 1 aliphatic carbocycles. The molecule has 0 aromatic carbocycles. The summed E-state index contributed by atoms with van der Waals surface area (Å²) in [5, 5.41) is 3.54. The van der Waals surface area contributed by atoms with Crippen LogP contribution in [0.25, 0.3) is 0 Å². The number of hydrogen-bond acceptors (Lipinski definition) is 3. The third kappa shape index (κ3) is 7.35. The summed E-state index contributed by atoms with van der Waals surface area (Å²) in [7, 11) is 2.28. The molecule has 0 aromatic rings. The second-order valence-electron chi connectivity index (χ2n) is 8.62. The Bertz CT molecular complexity index is 432. The fraction of sp³-hybridized carbons (Fsp3) is 0.952. The number of rotatable bonds is 7. The lowest BCUT2D eigenvalue weighted by Crippen LogP contribution is -2.42. The van der Waals surface area contributed by atoms with E-state index in [1.165, 1.54) is 84.1 Å². The maximum atomic E-state index is 4.96. The Labute approximate surface area is 184 Å². The first-order valence-corrected chi connectivity index (χ1v) is 11.2. The number of aliphatic imine (C=N–C) groups is 1. The quantitative estimate of drug-likeness (QED) is 0.337. The van der Waals surface area contributed by atoms with Gasteiger partial charge in [0.25, 0.3) is 0 Å². The zero-order chi connectivity index (χ0) is 18.2. The van der Waals surface area contributed by atoms with Crippen molar-refractivity contribution in [3.63, 3.8) is 0 Å². The highest BCUT2D eigenvalue weighted by molar-refractivity contribution is 14.0. The summed E-state index contributed by atoms with van der Waals surface area (Å²) in [5.74, 6) is 1.96. The molecule has 3 fully saturated rings. The molecule has 1 saturated carbocycles. The van der Waals surface area contributed by atoms with Crippen molar-refractivity contribution >= 4 is 29.9 Å². The van der Waals surface area contributed by atoms with Crippen molar-refractivity contribution in [2.45, 2.75) is 64.3 Å². The normalized spacial score (nSPS) is 25.2. The Morgan fingerprint density at radius 1 is 1.04 bits per heavy atom. The van der Waals surface area contributed by atoms with Gasteiger partial charge in [0, 0.05) is 38.8 Å². The van der Waals surface area contributed by atoms with Gasteiger partial charge in [-0.2, -0.15) is 0 Å². The fourth-order valence-corrected chi connectivity index (χ4v) is 4.95. The average Bonchev–Trinajstić information content (AvgIpc) is 3.34. The number of likely N-dealkylation sites (tertiary alicyclic amines) is 2. The summed E-state index contributed by atoms with van der Waals surface area (Å²) in [5.41, 5.74) is 0. The zero-order valence-corrected chi connectivity index (χ0v) is 20.0. The Hall–Kier alpha value is -0.0800. The van der Waals surface area contributed by atoms with Gasteiger partial charge in [0.1, 0.15) is 0 Å². The number of nitrogens with one attached hydrogen (secondary N) is 1. The third-order valence-corrected chi connectivity index (χ3v) is 6.55. The number of guanidine groups is 1. The van der Waals surface area contributed by atoms with E-state index in [1.54, 1.807) is 0 Å². The summed E-state index contributed by atoms with van der Waals surface area (Å²) in [6, 6.07) is 0.800. The number of likely N-dealkylation sites (N-methyl/N-ethyl adjacent to an activating group) is 1. The molecule has 3 rings (SSSR count). The van der Waals surface area contributed by atoms with Crippen LogP contribution in [0.5, 0.6) is 0 Å². The lowest BCUT2D eigenvalue weighted by atomic mass is 10.1. The molecule has 158 valence electrons. The molecular formula is C21H42IN5. The van der Waals surface area contributed by atoms with E-state index in [0.29, 0.717) is 0 Å². The molecule has 27 heavy (non-hydrogen) atoms. The van der Waals surface area contributed by atoms with Crippen molar-refractivity contribution in [2.75, 3.05) is 59.4 Å². The smallest absolute Gasteiger partial charge is 0.193 e. The second kappa shape index (κ2) is 12.5. The molecule has 3 aliphatic rings. The number of piperidine rings is 1. The van der Waals surface area contributed by atoms with Gasteiger partial charge in [-0.05, 0) is 65.1 Å². The molecule has 1 N–H and O–H groups in total. The average molecular weight is 492 g/mol. The Balaban J connectivity index is 0.00000261. The molecule has 6 heteroatoms. The third-order valence-electron chi connectivity index (χ3n) is 6.55. The van der Waals surface area contributed by atoms with Crippen molar-refractivity contribution in [2.24, 2.45) is 10.9 Å². The molecule has 1 unspecified atom stereocenters. The van der Waals surface area contributed by atoms with E-state index in [2.05, 4.69) is 34.0 Å². The van der Waals surface area contributed by atoms with Crippen molar-refractivity contribution in [3.05, 3.63) is 0 Å². The SMILES string of the molecule is CCNC(=NCCN(C)C1CCCC1)N1CCC(CN2CCCCC2)C1.I. The zero-order valence-electron chi connectivity index (χ0n) is 17.7. The summed E-state index contributed by atoms with van der Waals surface area (Å²) in [4.78, 5) is 12.7. The highest BCUT2D eigenvalue weighted by Gasteiger charge is 2.27. The summed E-state index contributed by atoms with van der Waals surface area (Å²) >= 11 is 0. The predicted octanol–water partition coefficient (Wildman–Crippen LogP) is 3.25. The lowest BCUT2D eigenvalue weighted by molar-refractivity contribution is 0.198. The minimum Gasteiger partial charge on any atom is -0.357 e. The van der Waals surface area contributed by atoms with E-state index in [4.69, 9.17) is 4.99 Å². The van der Waals surface area contributed by atoms with Gasteiger partial charge in [0.05, 0.1) is 6.54 Å². The van der Waals surface area contributed by atoms with Crippen LogP contribution in [-0.2, 0) is 0 Å². The standard InChI is InChI=1S/C21H41N5.HI/c1-3-22-21(23-12-16-24(2)20-9-5-6-10-20)26-15-11-19(18-26)17-25-13-7-4-8-14-25;/h19-20H,3-18H2,1-2H3,(H,22,23);1H. The number of halogens is 1. The maximum Gasteiger partial charge on any atom is 0.193 e. The van der Waals surface area contributed by atoms with Crippen LogP contribution in [-0.4, -0.2) is 86.1 Å². The molecule has 1 atom stereocenters. The van der Waals surface area contributed by atoms with Gasteiger partial charge in [-0.15, -0.1) is 24.0 Å². The lowest BCUT2D eigenvalue weighted by Gasteiger charge is -2.29. The van der Waals surface area contributed by atoms with Crippen LogP contribution in [0.4, 0.5) is 0 Å². The van der Waals surface area contributed by atoms with Crippen LogP contribution < -0.4 is 5.32 Å². The van der Waals surface area contributed by atoms with E-state index < -0.39 is 0 Å². The van der Waals surface area contributed by atoms with Crippen molar-refractivity contribution in [1.82, 2.24) is 20.0 Å². The summed E-state index contributed by atoms with van der Waals surface area (Å²) < 4.78 is 0. The molecule has 5 nitrogen and oxygen atoms in total. The van der Waals surface area contributed by atoms with E-state index >= 15 is 0 Å². The fourth-order valence-electron chi connectivity index (χ4n) is 4.95. The van der Waals surface area contributed by atoms with Crippen LogP contribution in [0.15, 0.2) is 4.99 Å². The van der Waals surface area contributed by atoms with Crippen molar-refractivity contribution in [1.29, 1.82) is 0 Å². The highest BCUT2D eigenvalue weighted by Crippen LogP contribution is 2.22. The molecule has 2 heterocycles. The first-order valence-electron chi connectivity index (χ1n) is 11.2. The van der Waals surface area contributed by atoms with Crippen LogP contribution in [0.3, 0.4) is 0 Å². The largest absolute Gasteiger partial charge is 0.357 e. The van der Waals surface area contributed by atoms with Crippen molar-refractivity contribution < 1.29 is 0 Å². The van der Waals surface area contributed by atoms with E-state index in [0.717, 1.165) is 37.6 Å². The summed E-state index contributed by atoms with van der Waals surface area (Å²) in [6.45, 7) is 11.4. The van der Waals surface area contributed by atoms with Gasteiger partial charge in [0.15, 0.2) is 5.96 Å². The van der Waals surface area contributed by atoms with Gasteiger partial charge < -0.3 is 20.0 Å². The highest BCUT2D eigenvalue weighted by atomic mass is 127. The molecule has 2 aliphatic heterocycles. The Kier molecular flexibility index (Phi) is 10.7. The van der Waals surface area contributed by atoms with Crippen LogP contribution >= 0.6 is 24.0 Å². The first kappa shape index (κ1) is 23.2. The number of hydrogen-bond donors (Lipinski definition) is 1. The van der Waals surface area contributed by atoms with Gasteiger partial charge in [-0.1, -0.05) is 19.3 Å². The van der Waals surface area contributed by atoms with Gasteiger partial charge in [0.2, 0.25) is 0 Å². The first-order chi connectivity index (χ1) is 12.8. The van der Waals surface area contributed by atoms with Crippen LogP contribution in [0, 0.1) is 5.92 Å². The van der Waals surface area contributed by atoms with Gasteiger partial charge in [-0.3, -0.25) is 4.99 Å². The Morgan fingerprint density at radius 3 is 2.48 bits per heavy atom. The minimum atomic E-state index is 0. The van der Waals surface area contributed by atoms with E-state index in [1.807, 2.05) is 0 Å². The monoisotopic (exact) mass is 491 g/mol. The maximum absolute atomic E-state index is 4.96. The molecule has 0 radical (unpaired) electrons. The molecule has 2 saturated heterocycles. The second-order valence-corrected chi connectivity index (χ2v) is 8.62. The molecular weight excluding hydrogens is 449 g/mol. The van der Waals surface area contributed by atoms with Crippen LogP contribution in [0.1, 0.15) is 58.3 Å². The van der Waals surface area contributed by atoms with Gasteiger partial charge >= 0.3 is 0 Å². The van der Waals surface area contributed by atoms with Crippen LogP contribution in [0.2, 0.25) is 0 Å². The topological polar surface area (TPSA) is 34.1 Å². The van der Waals surface area contributed by atoms with E-state index in [9.17, 15) is 0 Å². The van der Waals surface area contributed by atoms with E-state index in [-0.39, 0.29) is 24.0 Å². The van der Waals surface area contributed by atoms with Crippen molar-refractivity contribution in [3.8, 4) is 0 Å². The Morgan fingerprint density at radius 2 is 1.78 bits per heavy atom. The molecule has 0 spiro atoms. The number of nitrogens with zero attached hydrogens (tertiary/aromatic N) is 4. The predicted molar refractivity (Wildman–Crippen MR) is 126 cm³/mol.